The third-order valence-electron chi connectivity index (χ3n) is 3.80. The molecule has 0 bridgehead atoms. The van der Waals surface area contributed by atoms with Gasteiger partial charge in [0.05, 0.1) is 0 Å². The molecule has 0 unspecified atom stereocenters. The summed E-state index contributed by atoms with van der Waals surface area (Å²) in [6.07, 6.45) is 3.96. The standard InChI is InChI=1S/C18H21NO.CH4/c1-3-8-16(9-4-1)17-10-7-11-18(14-17)20-15-19-12-5-2-6-13-19;/h1,3-4,7-11,14H,2,5-6,12-13,15H2;1H4/i;1D. The molecule has 0 amide bonds. The number of hydrogen-bond acceptors (Lipinski definition) is 2. The molecule has 112 valence electrons. The minimum atomic E-state index is 0.707. The van der Waals surface area contributed by atoms with Gasteiger partial charge in [-0.25, -0.2) is 0 Å². The number of piperidine rings is 1. The molecule has 0 radical (unpaired) electrons. The molecule has 2 aromatic rings. The van der Waals surface area contributed by atoms with Crippen molar-refractivity contribution in [3.63, 3.8) is 0 Å². The quantitative estimate of drug-likeness (QED) is 0.798. The van der Waals surface area contributed by atoms with E-state index in [4.69, 9.17) is 6.11 Å². The number of likely N-dealkylation sites (tertiary alicyclic amines) is 1. The van der Waals surface area contributed by atoms with Crippen LogP contribution in [0.2, 0.25) is 0 Å². The summed E-state index contributed by atoms with van der Waals surface area (Å²) in [6.45, 7) is 3.04. The van der Waals surface area contributed by atoms with Crippen LogP contribution in [0.1, 0.15) is 28.0 Å². The fourth-order valence-corrected chi connectivity index (χ4v) is 2.65. The van der Waals surface area contributed by atoms with Crippen molar-refractivity contribution in [3.05, 3.63) is 54.6 Å². The second-order valence-corrected chi connectivity index (χ2v) is 5.35. The molecule has 1 aliphatic rings. The van der Waals surface area contributed by atoms with Crippen molar-refractivity contribution >= 4 is 0 Å². The lowest BCUT2D eigenvalue weighted by Crippen LogP contribution is -2.33. The van der Waals surface area contributed by atoms with Crippen molar-refractivity contribution in [2.75, 3.05) is 19.8 Å². The molecule has 0 N–H and O–H groups in total. The lowest BCUT2D eigenvalue weighted by Gasteiger charge is -2.26. The van der Waals surface area contributed by atoms with Gasteiger partial charge in [0.25, 0.3) is 0 Å². The van der Waals surface area contributed by atoms with E-state index < -0.39 is 0 Å². The molecule has 0 aliphatic carbocycles. The summed E-state index contributed by atoms with van der Waals surface area (Å²) in [6, 6.07) is 18.8. The normalized spacial score (nSPS) is 15.6. The van der Waals surface area contributed by atoms with Crippen LogP contribution in [-0.2, 0) is 0 Å². The van der Waals surface area contributed by atoms with Gasteiger partial charge >= 0.3 is 0 Å². The first-order chi connectivity index (χ1) is 10.9. The second kappa shape index (κ2) is 7.84. The lowest BCUT2D eigenvalue weighted by molar-refractivity contribution is 0.106. The zero-order valence-electron chi connectivity index (χ0n) is 13.8. The first kappa shape index (κ1) is 14.2. The summed E-state index contributed by atoms with van der Waals surface area (Å²) >= 11 is 0. The molecule has 1 heterocycles. The summed E-state index contributed by atoms with van der Waals surface area (Å²) in [4.78, 5) is 2.39. The van der Waals surface area contributed by atoms with Crippen LogP contribution in [0.25, 0.3) is 11.1 Å². The molecular formula is C19H25NO. The van der Waals surface area contributed by atoms with E-state index in [0.29, 0.717) is 6.73 Å². The van der Waals surface area contributed by atoms with Gasteiger partial charge in [-0.1, -0.05) is 56.3 Å². The van der Waals surface area contributed by atoms with Gasteiger partial charge in [0.15, 0.2) is 0 Å². The number of hydrogen-bond donors (Lipinski definition) is 0. The van der Waals surface area contributed by atoms with E-state index in [1.54, 1.807) is 0 Å². The van der Waals surface area contributed by atoms with E-state index in [2.05, 4.69) is 47.4 Å². The van der Waals surface area contributed by atoms with E-state index in [1.807, 2.05) is 12.1 Å². The molecule has 2 nitrogen and oxygen atoms in total. The van der Waals surface area contributed by atoms with Crippen LogP contribution in [0.4, 0.5) is 0 Å². The third-order valence-corrected chi connectivity index (χ3v) is 3.80. The highest BCUT2D eigenvalue weighted by Crippen LogP contribution is 2.23. The highest BCUT2D eigenvalue weighted by atomic mass is 16.5. The lowest BCUT2D eigenvalue weighted by atomic mass is 10.1. The SMILES string of the molecule is [2H]C.c1ccc(-c2cccc(OCN3CCCCC3)c2)cc1. The Labute approximate surface area is 129 Å². The van der Waals surface area contributed by atoms with Crippen molar-refractivity contribution in [2.24, 2.45) is 0 Å². The average Bonchev–Trinajstić information content (AvgIpc) is 2.64. The second-order valence-electron chi connectivity index (χ2n) is 5.35. The topological polar surface area (TPSA) is 12.5 Å². The molecule has 1 saturated heterocycles. The molecule has 0 spiro atoms. The fraction of sp³-hybridized carbons (Fsp3) is 0.368. The van der Waals surface area contributed by atoms with Crippen LogP contribution in [0.3, 0.4) is 0 Å². The molecule has 2 heteroatoms. The molecular weight excluding hydrogens is 258 g/mol. The van der Waals surface area contributed by atoms with E-state index in [1.165, 1.54) is 50.9 Å². The smallest absolute Gasteiger partial charge is 0.142 e. The van der Waals surface area contributed by atoms with Gasteiger partial charge in [0, 0.05) is 14.5 Å². The van der Waals surface area contributed by atoms with E-state index in [-0.39, 0.29) is 0 Å². The highest BCUT2D eigenvalue weighted by Gasteiger charge is 2.10. The minimum absolute atomic E-state index is 0.707. The monoisotopic (exact) mass is 284 g/mol. The van der Waals surface area contributed by atoms with Gasteiger partial charge in [0.1, 0.15) is 12.5 Å². The first-order valence-corrected chi connectivity index (χ1v) is 7.42. The van der Waals surface area contributed by atoms with Crippen molar-refractivity contribution in [2.45, 2.75) is 26.7 Å². The van der Waals surface area contributed by atoms with Crippen LogP contribution < -0.4 is 4.74 Å². The summed E-state index contributed by atoms with van der Waals surface area (Å²) in [5.41, 5.74) is 2.44. The maximum absolute atomic E-state index is 5.93. The van der Waals surface area contributed by atoms with Crippen molar-refractivity contribution < 1.29 is 6.11 Å². The van der Waals surface area contributed by atoms with Crippen molar-refractivity contribution in [1.29, 1.82) is 0 Å². The molecule has 0 saturated carbocycles. The molecule has 1 fully saturated rings. The Balaban J connectivity index is 0.000000847. The van der Waals surface area contributed by atoms with Crippen LogP contribution >= 0.6 is 0 Å². The largest absolute Gasteiger partial charge is 0.478 e. The maximum Gasteiger partial charge on any atom is 0.142 e. The Hall–Kier alpha value is -1.80. The Bertz CT molecular complexity index is 538. The zero-order chi connectivity index (χ0) is 15.6. The Kier molecular flexibility index (Phi) is 5.29. The number of benzene rings is 2. The number of nitrogens with zero attached hydrogens (tertiary/aromatic N) is 1. The summed E-state index contributed by atoms with van der Waals surface area (Å²) in [5, 5.41) is 0. The van der Waals surface area contributed by atoms with Gasteiger partial charge in [-0.2, -0.15) is 0 Å². The molecule has 1 aliphatic heterocycles. The molecule has 0 aromatic heterocycles. The molecule has 2 aromatic carbocycles. The zero-order valence-corrected chi connectivity index (χ0v) is 12.8. The molecule has 3 rings (SSSR count). The average molecular weight is 284 g/mol. The highest BCUT2D eigenvalue weighted by molar-refractivity contribution is 5.64. The fourth-order valence-electron chi connectivity index (χ4n) is 2.65. The van der Waals surface area contributed by atoms with E-state index >= 15 is 0 Å². The van der Waals surface area contributed by atoms with Gasteiger partial charge in [-0.05, 0) is 36.1 Å². The van der Waals surface area contributed by atoms with Crippen LogP contribution in [0.15, 0.2) is 54.6 Å². The Morgan fingerprint density at radius 1 is 0.905 bits per heavy atom. The van der Waals surface area contributed by atoms with Crippen molar-refractivity contribution in [1.82, 2.24) is 4.90 Å². The number of rotatable bonds is 4. The predicted octanol–water partition coefficient (Wildman–Crippen LogP) is 4.81. The van der Waals surface area contributed by atoms with E-state index in [9.17, 15) is 0 Å². The summed E-state index contributed by atoms with van der Waals surface area (Å²) in [7, 11) is 1.25. The van der Waals surface area contributed by atoms with Crippen LogP contribution in [-0.4, -0.2) is 24.7 Å². The third kappa shape index (κ3) is 4.33. The van der Waals surface area contributed by atoms with Crippen molar-refractivity contribution in [3.8, 4) is 16.9 Å². The number of ether oxygens (including phenoxy) is 1. The Morgan fingerprint density at radius 2 is 1.62 bits per heavy atom. The van der Waals surface area contributed by atoms with Gasteiger partial charge in [0.2, 0.25) is 0 Å². The van der Waals surface area contributed by atoms with Gasteiger partial charge < -0.3 is 4.74 Å². The summed E-state index contributed by atoms with van der Waals surface area (Å²) < 4.78 is 11.7. The molecule has 21 heavy (non-hydrogen) atoms. The minimum Gasteiger partial charge on any atom is -0.478 e. The van der Waals surface area contributed by atoms with Gasteiger partial charge in [-0.3, -0.25) is 4.90 Å². The maximum atomic E-state index is 5.93. The van der Waals surface area contributed by atoms with Crippen LogP contribution in [0, 0.1) is 0 Å². The predicted molar refractivity (Wildman–Crippen MR) is 89.5 cm³/mol. The van der Waals surface area contributed by atoms with E-state index in [0.717, 1.165) is 5.75 Å². The van der Waals surface area contributed by atoms with Gasteiger partial charge in [-0.15, -0.1) is 0 Å². The first-order valence-electron chi connectivity index (χ1n) is 8.42. The summed E-state index contributed by atoms with van der Waals surface area (Å²) in [5.74, 6) is 0.955. The Morgan fingerprint density at radius 3 is 2.38 bits per heavy atom. The van der Waals surface area contributed by atoms with Crippen LogP contribution in [0.5, 0.6) is 5.75 Å². The molecule has 0 atom stereocenters.